The highest BCUT2D eigenvalue weighted by atomic mass is 32.1. The Bertz CT molecular complexity index is 584. The van der Waals surface area contributed by atoms with Crippen LogP contribution in [0.4, 0.5) is 0 Å². The minimum atomic E-state index is 0.553. The Hall–Kier alpha value is -1.08. The topological polar surface area (TPSA) is 0 Å². The molecule has 0 bridgehead atoms. The van der Waals surface area contributed by atoms with Gasteiger partial charge in [-0.3, -0.25) is 0 Å². The fourth-order valence-corrected chi connectivity index (χ4v) is 6.56. The Morgan fingerprint density at radius 3 is 2.33 bits per heavy atom. The molecule has 18 heavy (non-hydrogen) atoms. The third kappa shape index (κ3) is 0.779. The highest BCUT2D eigenvalue weighted by molar-refractivity contribution is 7.10. The van der Waals surface area contributed by atoms with Crippen LogP contribution in [0.5, 0.6) is 0 Å². The molecule has 3 aliphatic carbocycles. The molecule has 1 heteroatoms. The molecule has 0 spiro atoms. The van der Waals surface area contributed by atoms with E-state index >= 15 is 0 Å². The first kappa shape index (κ1) is 9.80. The third-order valence-corrected chi connectivity index (χ3v) is 6.90. The van der Waals surface area contributed by atoms with Gasteiger partial charge in [-0.2, -0.15) is 0 Å². The summed E-state index contributed by atoms with van der Waals surface area (Å²) in [4.78, 5) is 1.67. The molecule has 2 aromatic rings. The second-order valence-electron chi connectivity index (χ2n) is 6.12. The molecule has 0 N–H and O–H groups in total. The van der Waals surface area contributed by atoms with Crippen LogP contribution in [0.2, 0.25) is 0 Å². The average Bonchev–Trinajstić information content (AvgIpc) is 3.16. The van der Waals surface area contributed by atoms with Gasteiger partial charge in [-0.1, -0.05) is 42.8 Å². The molecule has 2 atom stereocenters. The van der Waals surface area contributed by atoms with E-state index in [0.29, 0.717) is 10.8 Å². The third-order valence-electron chi connectivity index (χ3n) is 5.88. The van der Waals surface area contributed by atoms with E-state index in [0.717, 1.165) is 11.8 Å². The summed E-state index contributed by atoms with van der Waals surface area (Å²) in [6.45, 7) is 0. The van der Waals surface area contributed by atoms with Gasteiger partial charge < -0.3 is 0 Å². The van der Waals surface area contributed by atoms with E-state index in [1.54, 1.807) is 10.4 Å². The maximum atomic E-state index is 2.38. The zero-order valence-corrected chi connectivity index (χ0v) is 11.1. The minimum Gasteiger partial charge on any atom is -0.148 e. The Morgan fingerprint density at radius 2 is 1.67 bits per heavy atom. The molecule has 0 radical (unpaired) electrons. The second-order valence-corrected chi connectivity index (χ2v) is 7.07. The summed E-state index contributed by atoms with van der Waals surface area (Å²) in [5.41, 5.74) is 2.74. The van der Waals surface area contributed by atoms with Crippen LogP contribution in [-0.4, -0.2) is 0 Å². The SMILES string of the molecule is c1ccc(C23C4CCCC2C43c2cccs2)cc1. The quantitative estimate of drug-likeness (QED) is 0.744. The summed E-state index contributed by atoms with van der Waals surface area (Å²) in [6, 6.07) is 15.9. The minimum absolute atomic E-state index is 0.553. The van der Waals surface area contributed by atoms with Crippen molar-refractivity contribution in [2.45, 2.75) is 30.1 Å². The van der Waals surface area contributed by atoms with E-state index in [2.05, 4.69) is 47.8 Å². The Morgan fingerprint density at radius 1 is 0.889 bits per heavy atom. The fourth-order valence-electron chi connectivity index (χ4n) is 5.45. The van der Waals surface area contributed by atoms with Crippen molar-refractivity contribution in [2.75, 3.05) is 0 Å². The lowest BCUT2D eigenvalue weighted by Crippen LogP contribution is -2.22. The molecule has 0 saturated heterocycles. The summed E-state index contributed by atoms with van der Waals surface area (Å²) >= 11 is 1.98. The molecule has 0 nitrogen and oxygen atoms in total. The Labute approximate surface area is 112 Å². The van der Waals surface area contributed by atoms with Gasteiger partial charge in [0.05, 0.1) is 0 Å². The number of rotatable bonds is 2. The van der Waals surface area contributed by atoms with E-state index in [1.807, 2.05) is 11.3 Å². The van der Waals surface area contributed by atoms with Crippen molar-refractivity contribution in [1.29, 1.82) is 0 Å². The number of hydrogen-bond acceptors (Lipinski definition) is 1. The van der Waals surface area contributed by atoms with Crippen LogP contribution in [0, 0.1) is 11.8 Å². The van der Waals surface area contributed by atoms with Crippen LogP contribution in [-0.2, 0) is 10.8 Å². The van der Waals surface area contributed by atoms with Gasteiger partial charge in [0, 0.05) is 15.7 Å². The second kappa shape index (κ2) is 2.91. The predicted octanol–water partition coefficient (Wildman–Crippen LogP) is 4.37. The van der Waals surface area contributed by atoms with E-state index in [1.165, 1.54) is 19.3 Å². The Kier molecular flexibility index (Phi) is 1.58. The normalized spacial score (nSPS) is 43.3. The standard InChI is InChI=1S/C17H16S/c1-2-6-12(7-3-1)16-13-8-4-9-14(16)17(13,16)15-10-5-11-18-15/h1-3,5-7,10-11,13-14H,4,8-9H2. The van der Waals surface area contributed by atoms with Gasteiger partial charge in [0.2, 0.25) is 0 Å². The summed E-state index contributed by atoms with van der Waals surface area (Å²) in [6.07, 6.45) is 4.35. The highest BCUT2D eigenvalue weighted by Crippen LogP contribution is 2.96. The van der Waals surface area contributed by atoms with Gasteiger partial charge in [0.25, 0.3) is 0 Å². The van der Waals surface area contributed by atoms with E-state index in [9.17, 15) is 0 Å². The molecule has 1 aromatic heterocycles. The van der Waals surface area contributed by atoms with Crippen molar-refractivity contribution < 1.29 is 0 Å². The van der Waals surface area contributed by atoms with Gasteiger partial charge in [0.1, 0.15) is 0 Å². The maximum Gasteiger partial charge on any atom is 0.0224 e. The van der Waals surface area contributed by atoms with Crippen molar-refractivity contribution in [3.8, 4) is 0 Å². The average molecular weight is 252 g/mol. The van der Waals surface area contributed by atoms with Gasteiger partial charge in [0.15, 0.2) is 0 Å². The molecular formula is C17H16S. The van der Waals surface area contributed by atoms with Crippen LogP contribution in [0.25, 0.3) is 0 Å². The largest absolute Gasteiger partial charge is 0.148 e. The first-order chi connectivity index (χ1) is 8.93. The molecule has 1 aromatic carbocycles. The van der Waals surface area contributed by atoms with E-state index in [-0.39, 0.29) is 0 Å². The van der Waals surface area contributed by atoms with Crippen LogP contribution in [0.3, 0.4) is 0 Å². The molecule has 0 amide bonds. The molecule has 90 valence electrons. The zero-order valence-electron chi connectivity index (χ0n) is 10.3. The Balaban J connectivity index is 1.69. The first-order valence-corrected chi connectivity index (χ1v) is 7.91. The lowest BCUT2D eigenvalue weighted by molar-refractivity contribution is 0.297. The lowest BCUT2D eigenvalue weighted by atomic mass is 9.76. The number of fused-ring (bicyclic) bond motifs is 2. The number of thiophene rings is 1. The monoisotopic (exact) mass is 252 g/mol. The summed E-state index contributed by atoms with van der Waals surface area (Å²) < 4.78 is 0. The zero-order chi connectivity index (χ0) is 11.8. The van der Waals surface area contributed by atoms with Crippen LogP contribution < -0.4 is 0 Å². The molecule has 3 saturated carbocycles. The molecule has 0 aliphatic heterocycles. The lowest BCUT2D eigenvalue weighted by Gasteiger charge is -2.28. The summed E-state index contributed by atoms with van der Waals surface area (Å²) in [7, 11) is 0. The smallest absolute Gasteiger partial charge is 0.0224 e. The van der Waals surface area contributed by atoms with Gasteiger partial charge in [-0.05, 0) is 41.7 Å². The summed E-state index contributed by atoms with van der Waals surface area (Å²) in [5, 5.41) is 2.26. The highest BCUT2D eigenvalue weighted by Gasteiger charge is 2.98. The number of benzene rings is 1. The van der Waals surface area contributed by atoms with Crippen LogP contribution in [0.15, 0.2) is 47.8 Å². The molecule has 2 unspecified atom stereocenters. The van der Waals surface area contributed by atoms with Gasteiger partial charge in [-0.15, -0.1) is 11.3 Å². The predicted molar refractivity (Wildman–Crippen MR) is 74.9 cm³/mol. The maximum absolute atomic E-state index is 2.38. The molecule has 3 aliphatic rings. The molecule has 5 rings (SSSR count). The molecule has 3 fully saturated rings. The van der Waals surface area contributed by atoms with Gasteiger partial charge in [-0.25, -0.2) is 0 Å². The van der Waals surface area contributed by atoms with Crippen molar-refractivity contribution in [2.24, 2.45) is 11.8 Å². The number of hydrogen-bond donors (Lipinski definition) is 0. The first-order valence-electron chi connectivity index (χ1n) is 7.03. The van der Waals surface area contributed by atoms with Crippen LogP contribution in [0.1, 0.15) is 29.7 Å². The van der Waals surface area contributed by atoms with Crippen molar-refractivity contribution >= 4 is 11.3 Å². The summed E-state index contributed by atoms with van der Waals surface area (Å²) in [5.74, 6) is 1.90. The molecule has 1 heterocycles. The van der Waals surface area contributed by atoms with Crippen molar-refractivity contribution in [1.82, 2.24) is 0 Å². The van der Waals surface area contributed by atoms with Gasteiger partial charge >= 0.3 is 0 Å². The molecular weight excluding hydrogens is 236 g/mol. The van der Waals surface area contributed by atoms with E-state index < -0.39 is 0 Å². The fraction of sp³-hybridized carbons (Fsp3) is 0.412. The van der Waals surface area contributed by atoms with Crippen molar-refractivity contribution in [3.05, 3.63) is 58.3 Å². The van der Waals surface area contributed by atoms with E-state index in [4.69, 9.17) is 0 Å². The van der Waals surface area contributed by atoms with Crippen molar-refractivity contribution in [3.63, 3.8) is 0 Å². The van der Waals surface area contributed by atoms with Crippen LogP contribution >= 0.6 is 11.3 Å².